The summed E-state index contributed by atoms with van der Waals surface area (Å²) in [5, 5.41) is 7.44. The summed E-state index contributed by atoms with van der Waals surface area (Å²) in [6.45, 7) is 3.59. The Balaban J connectivity index is 1.62. The first-order valence-electron chi connectivity index (χ1n) is 9.50. The molecule has 0 radical (unpaired) electrons. The lowest BCUT2D eigenvalue weighted by molar-refractivity contribution is 0.120. The molecule has 2 heterocycles. The number of nitrogens with zero attached hydrogens (tertiary/aromatic N) is 2. The third kappa shape index (κ3) is 4.61. The number of benzene rings is 2. The zero-order valence-corrected chi connectivity index (χ0v) is 16.5. The smallest absolute Gasteiger partial charge is 0.229 e. The van der Waals surface area contributed by atoms with E-state index in [2.05, 4.69) is 15.6 Å². The summed E-state index contributed by atoms with van der Waals surface area (Å²) < 4.78 is 5.71. The first-order valence-corrected chi connectivity index (χ1v) is 9.88. The van der Waals surface area contributed by atoms with Gasteiger partial charge in [-0.25, -0.2) is 4.98 Å². The molecule has 3 aromatic rings. The third-order valence-electron chi connectivity index (χ3n) is 4.77. The Morgan fingerprint density at radius 3 is 2.71 bits per heavy atom. The second-order valence-electron chi connectivity index (χ2n) is 6.93. The predicted octanol–water partition coefficient (Wildman–Crippen LogP) is 5.44. The summed E-state index contributed by atoms with van der Waals surface area (Å²) in [6.07, 6.45) is 2.44. The highest BCUT2D eigenvalue weighted by Crippen LogP contribution is 2.26. The maximum Gasteiger partial charge on any atom is 0.229 e. The van der Waals surface area contributed by atoms with Crippen molar-refractivity contribution in [3.8, 4) is 11.3 Å². The van der Waals surface area contributed by atoms with Crippen molar-refractivity contribution in [2.24, 2.45) is 0 Å². The van der Waals surface area contributed by atoms with Crippen LogP contribution in [-0.4, -0.2) is 29.2 Å². The average molecular weight is 395 g/mol. The molecule has 0 bridgehead atoms. The maximum absolute atomic E-state index is 6.07. The van der Waals surface area contributed by atoms with Crippen LogP contribution < -0.4 is 10.6 Å². The first kappa shape index (κ1) is 18.7. The van der Waals surface area contributed by atoms with Gasteiger partial charge in [-0.15, -0.1) is 0 Å². The molecule has 0 aliphatic carbocycles. The highest BCUT2D eigenvalue weighted by atomic mass is 35.5. The Kier molecular flexibility index (Phi) is 5.74. The minimum Gasteiger partial charge on any atom is -0.376 e. The van der Waals surface area contributed by atoms with Crippen LogP contribution in [0.3, 0.4) is 0 Å². The summed E-state index contributed by atoms with van der Waals surface area (Å²) in [6, 6.07) is 17.8. The van der Waals surface area contributed by atoms with Gasteiger partial charge in [-0.3, -0.25) is 0 Å². The van der Waals surface area contributed by atoms with E-state index in [9.17, 15) is 0 Å². The minimum absolute atomic E-state index is 0.241. The Labute approximate surface area is 170 Å². The van der Waals surface area contributed by atoms with Crippen molar-refractivity contribution in [1.82, 2.24) is 9.97 Å². The SMILES string of the molecule is Cc1cc(Cl)ccc1Nc1nc(NCC2CCCO2)cc(-c2ccccc2)n1. The number of hydrogen-bond donors (Lipinski definition) is 2. The van der Waals surface area contributed by atoms with Gasteiger partial charge in [0.25, 0.3) is 0 Å². The monoisotopic (exact) mass is 394 g/mol. The molecule has 28 heavy (non-hydrogen) atoms. The van der Waals surface area contributed by atoms with Crippen molar-refractivity contribution in [2.75, 3.05) is 23.8 Å². The predicted molar refractivity (Wildman–Crippen MR) is 114 cm³/mol. The molecule has 0 amide bonds. The number of aromatic nitrogens is 2. The van der Waals surface area contributed by atoms with Crippen LogP contribution in [0.5, 0.6) is 0 Å². The van der Waals surface area contributed by atoms with Crippen molar-refractivity contribution in [1.29, 1.82) is 0 Å². The zero-order chi connectivity index (χ0) is 19.3. The van der Waals surface area contributed by atoms with Crippen LogP contribution in [-0.2, 0) is 4.74 Å². The van der Waals surface area contributed by atoms with Gasteiger partial charge in [0, 0.05) is 35.5 Å². The van der Waals surface area contributed by atoms with E-state index in [4.69, 9.17) is 21.3 Å². The largest absolute Gasteiger partial charge is 0.376 e. The Hall–Kier alpha value is -2.63. The van der Waals surface area contributed by atoms with Crippen LogP contribution in [0.25, 0.3) is 11.3 Å². The Morgan fingerprint density at radius 2 is 1.96 bits per heavy atom. The number of rotatable bonds is 6. The molecule has 1 fully saturated rings. The van der Waals surface area contributed by atoms with Gasteiger partial charge in [0.2, 0.25) is 5.95 Å². The molecule has 4 rings (SSSR count). The summed E-state index contributed by atoms with van der Waals surface area (Å²) in [5.41, 5.74) is 3.87. The number of nitrogens with one attached hydrogen (secondary N) is 2. The lowest BCUT2D eigenvalue weighted by atomic mass is 10.1. The van der Waals surface area contributed by atoms with Gasteiger partial charge in [0.05, 0.1) is 11.8 Å². The third-order valence-corrected chi connectivity index (χ3v) is 5.00. The second-order valence-corrected chi connectivity index (χ2v) is 7.36. The molecule has 2 aromatic carbocycles. The molecule has 144 valence electrons. The highest BCUT2D eigenvalue weighted by molar-refractivity contribution is 6.30. The van der Waals surface area contributed by atoms with E-state index >= 15 is 0 Å². The molecular weight excluding hydrogens is 372 g/mol. The molecule has 5 nitrogen and oxygen atoms in total. The normalized spacial score (nSPS) is 16.1. The second kappa shape index (κ2) is 8.59. The Morgan fingerprint density at radius 1 is 1.11 bits per heavy atom. The molecule has 1 aliphatic heterocycles. The van der Waals surface area contributed by atoms with Gasteiger partial charge < -0.3 is 15.4 Å². The lowest BCUT2D eigenvalue weighted by Crippen LogP contribution is -2.19. The van der Waals surface area contributed by atoms with Crippen molar-refractivity contribution >= 4 is 29.1 Å². The fourth-order valence-corrected chi connectivity index (χ4v) is 3.49. The minimum atomic E-state index is 0.241. The summed E-state index contributed by atoms with van der Waals surface area (Å²) >= 11 is 6.07. The molecule has 1 aromatic heterocycles. The van der Waals surface area contributed by atoms with Crippen LogP contribution in [0, 0.1) is 6.92 Å². The molecule has 2 N–H and O–H groups in total. The van der Waals surface area contributed by atoms with Crippen molar-refractivity contribution < 1.29 is 4.74 Å². The molecule has 1 unspecified atom stereocenters. The van der Waals surface area contributed by atoms with Crippen LogP contribution in [0.2, 0.25) is 5.02 Å². The lowest BCUT2D eigenvalue weighted by Gasteiger charge is -2.15. The van der Waals surface area contributed by atoms with Gasteiger partial charge in [-0.05, 0) is 43.5 Å². The van der Waals surface area contributed by atoms with Crippen molar-refractivity contribution in [2.45, 2.75) is 25.9 Å². The van der Waals surface area contributed by atoms with Gasteiger partial charge in [0.1, 0.15) is 5.82 Å². The molecule has 1 saturated heterocycles. The van der Waals surface area contributed by atoms with Crippen molar-refractivity contribution in [3.05, 3.63) is 65.2 Å². The Bertz CT molecular complexity index is 943. The zero-order valence-electron chi connectivity index (χ0n) is 15.8. The van der Waals surface area contributed by atoms with Crippen LogP contribution in [0.1, 0.15) is 18.4 Å². The summed E-state index contributed by atoms with van der Waals surface area (Å²) in [7, 11) is 0. The van der Waals surface area contributed by atoms with Gasteiger partial charge in [-0.1, -0.05) is 41.9 Å². The van der Waals surface area contributed by atoms with E-state index in [0.717, 1.165) is 54.3 Å². The highest BCUT2D eigenvalue weighted by Gasteiger charge is 2.16. The number of anilines is 3. The van der Waals surface area contributed by atoms with E-state index in [-0.39, 0.29) is 6.10 Å². The fourth-order valence-electron chi connectivity index (χ4n) is 3.26. The first-order chi connectivity index (χ1) is 13.7. The molecule has 0 saturated carbocycles. The van der Waals surface area contributed by atoms with E-state index < -0.39 is 0 Å². The number of halogens is 1. The molecule has 1 atom stereocenters. The topological polar surface area (TPSA) is 59.1 Å². The number of aryl methyl sites for hydroxylation is 1. The van der Waals surface area contributed by atoms with Crippen molar-refractivity contribution in [3.63, 3.8) is 0 Å². The van der Waals surface area contributed by atoms with E-state index in [1.54, 1.807) is 0 Å². The quantitative estimate of drug-likeness (QED) is 0.583. The number of hydrogen-bond acceptors (Lipinski definition) is 5. The van der Waals surface area contributed by atoms with E-state index in [0.29, 0.717) is 11.0 Å². The summed E-state index contributed by atoms with van der Waals surface area (Å²) in [4.78, 5) is 9.37. The molecule has 0 spiro atoms. The molecular formula is C22H23ClN4O. The maximum atomic E-state index is 6.07. The van der Waals surface area contributed by atoms with E-state index in [1.165, 1.54) is 0 Å². The summed E-state index contributed by atoms with van der Waals surface area (Å²) in [5.74, 6) is 1.32. The van der Waals surface area contributed by atoms with Gasteiger partial charge >= 0.3 is 0 Å². The van der Waals surface area contributed by atoms with E-state index in [1.807, 2.05) is 61.5 Å². The standard InChI is InChI=1S/C22H23ClN4O/c1-15-12-17(23)9-10-19(15)25-22-26-20(16-6-3-2-4-7-16)13-21(27-22)24-14-18-8-5-11-28-18/h2-4,6-7,9-10,12-13,18H,5,8,11,14H2,1H3,(H2,24,25,26,27). The average Bonchev–Trinajstić information content (AvgIpc) is 3.23. The van der Waals surface area contributed by atoms with Gasteiger partial charge in [0.15, 0.2) is 0 Å². The van der Waals surface area contributed by atoms with Crippen LogP contribution >= 0.6 is 11.6 Å². The fraction of sp³-hybridized carbons (Fsp3) is 0.273. The molecule has 6 heteroatoms. The van der Waals surface area contributed by atoms with Gasteiger partial charge in [-0.2, -0.15) is 4.98 Å². The van der Waals surface area contributed by atoms with Crippen LogP contribution in [0.4, 0.5) is 17.5 Å². The molecule has 1 aliphatic rings. The van der Waals surface area contributed by atoms with Crippen LogP contribution in [0.15, 0.2) is 54.6 Å². The number of ether oxygens (including phenoxy) is 1.